The number of alkyl halides is 3. The third-order valence-electron chi connectivity index (χ3n) is 4.64. The average molecular weight is 478 g/mol. The number of hydrogen-bond acceptors (Lipinski definition) is 5. The van der Waals surface area contributed by atoms with Crippen molar-refractivity contribution in [2.75, 3.05) is 0 Å². The van der Waals surface area contributed by atoms with E-state index in [-0.39, 0.29) is 24.1 Å². The van der Waals surface area contributed by atoms with Crippen LogP contribution in [0, 0.1) is 0 Å². The first-order valence-corrected chi connectivity index (χ1v) is 10.2. The predicted octanol–water partition coefficient (Wildman–Crippen LogP) is 4.64. The third kappa shape index (κ3) is 5.23. The Morgan fingerprint density at radius 2 is 1.85 bits per heavy atom. The number of aromatic nitrogens is 1. The molecule has 33 heavy (non-hydrogen) atoms. The highest BCUT2D eigenvalue weighted by Gasteiger charge is 2.40. The van der Waals surface area contributed by atoms with Crippen molar-refractivity contribution in [3.8, 4) is 17.4 Å². The predicted molar refractivity (Wildman–Crippen MR) is 114 cm³/mol. The van der Waals surface area contributed by atoms with E-state index in [2.05, 4.69) is 20.0 Å². The van der Waals surface area contributed by atoms with Crippen LogP contribution in [0.4, 0.5) is 13.2 Å². The van der Waals surface area contributed by atoms with Crippen molar-refractivity contribution in [3.05, 3.63) is 71.3 Å². The van der Waals surface area contributed by atoms with E-state index in [0.29, 0.717) is 34.6 Å². The molecule has 170 valence electrons. The number of nitrogens with zero attached hydrogens (tertiary/aromatic N) is 3. The zero-order valence-electron chi connectivity index (χ0n) is 17.2. The summed E-state index contributed by atoms with van der Waals surface area (Å²) in [6.45, 7) is 2.12. The van der Waals surface area contributed by atoms with E-state index in [1.165, 1.54) is 18.3 Å². The quantitative estimate of drug-likeness (QED) is 0.465. The summed E-state index contributed by atoms with van der Waals surface area (Å²) in [4.78, 5) is 21.4. The number of carbonyl (C=O) groups excluding carboxylic acids is 1. The van der Waals surface area contributed by atoms with Crippen LogP contribution in [0.5, 0.6) is 17.4 Å². The molecule has 2 aliphatic rings. The molecule has 0 saturated heterocycles. The number of pyridine rings is 1. The van der Waals surface area contributed by atoms with Gasteiger partial charge in [0.15, 0.2) is 0 Å². The first-order chi connectivity index (χ1) is 15.7. The minimum atomic E-state index is -4.76. The lowest BCUT2D eigenvalue weighted by atomic mass is 10.1. The van der Waals surface area contributed by atoms with Crippen molar-refractivity contribution < 1.29 is 32.0 Å². The molecule has 0 bridgehead atoms. The van der Waals surface area contributed by atoms with E-state index in [0.717, 1.165) is 17.7 Å². The molecule has 1 N–H and O–H groups in total. The molecule has 2 aliphatic heterocycles. The van der Waals surface area contributed by atoms with Crippen LogP contribution in [0.15, 0.2) is 70.7 Å². The summed E-state index contributed by atoms with van der Waals surface area (Å²) in [5, 5.41) is 3.24. The van der Waals surface area contributed by atoms with Gasteiger partial charge >= 0.3 is 12.2 Å². The Bertz CT molecular complexity index is 1200. The Hall–Kier alpha value is -3.66. The topological polar surface area (TPSA) is 75.8 Å². The van der Waals surface area contributed by atoms with Gasteiger partial charge in [-0.3, -0.25) is 4.79 Å². The maximum Gasteiger partial charge on any atom is 0.573 e. The molecule has 1 aromatic carbocycles. The lowest BCUT2D eigenvalue weighted by molar-refractivity contribution is -0.400. The molecule has 0 saturated carbocycles. The van der Waals surface area contributed by atoms with Gasteiger partial charge in [-0.1, -0.05) is 13.0 Å². The molecule has 2 aromatic rings. The number of halogens is 4. The number of rotatable bonds is 7. The number of hydrogen-bond donors (Lipinski definition) is 1. The van der Waals surface area contributed by atoms with Crippen molar-refractivity contribution in [1.29, 1.82) is 0 Å². The van der Waals surface area contributed by atoms with Crippen molar-refractivity contribution in [3.63, 3.8) is 0 Å². The number of fused-ring (bicyclic) bond motifs is 1. The van der Waals surface area contributed by atoms with Crippen molar-refractivity contribution in [2.45, 2.75) is 26.3 Å². The molecular weight excluding hydrogens is 461 g/mol. The maximum absolute atomic E-state index is 12.8. The van der Waals surface area contributed by atoms with Gasteiger partial charge in [0, 0.05) is 37.4 Å². The Kier molecular flexibility index (Phi) is 6.19. The van der Waals surface area contributed by atoms with E-state index >= 15 is 0 Å². The standard InChI is InChI=1S/C22H16ClF3N4O3/c1-2-16-20(30-17(23)8-9-18(30)29-16)21(31)28-12-13-3-10-19(27-11-13)32-14-4-6-15(7-5-14)33-22(24,25)26/h3-11H,2,12H2,1H3/p+1. The van der Waals surface area contributed by atoms with Crippen LogP contribution in [-0.4, -0.2) is 33.3 Å². The van der Waals surface area contributed by atoms with Gasteiger partial charge in [0.1, 0.15) is 11.5 Å². The summed E-state index contributed by atoms with van der Waals surface area (Å²) in [6.07, 6.45) is 0.779. The lowest BCUT2D eigenvalue weighted by Gasteiger charge is -2.10. The van der Waals surface area contributed by atoms with Crippen LogP contribution in [0.2, 0.25) is 0 Å². The summed E-state index contributed by atoms with van der Waals surface area (Å²) in [6, 6.07) is 8.26. The second-order valence-corrected chi connectivity index (χ2v) is 7.31. The molecule has 1 amide bonds. The summed E-state index contributed by atoms with van der Waals surface area (Å²) in [7, 11) is 0. The second kappa shape index (κ2) is 9.07. The first kappa shape index (κ1) is 22.5. The highest BCUT2D eigenvalue weighted by atomic mass is 35.5. The molecule has 1 aromatic heterocycles. The van der Waals surface area contributed by atoms with E-state index in [4.69, 9.17) is 16.3 Å². The second-order valence-electron chi connectivity index (χ2n) is 6.92. The number of allylic oxidation sites excluding steroid dienone is 2. The molecule has 0 radical (unpaired) electrons. The van der Waals surface area contributed by atoms with E-state index in [9.17, 15) is 18.0 Å². The molecule has 0 atom stereocenters. The van der Waals surface area contributed by atoms with Gasteiger partial charge in [0.25, 0.3) is 5.91 Å². The highest BCUT2D eigenvalue weighted by Crippen LogP contribution is 2.27. The SMILES string of the molecule is CCC1=NC2=CC=C(Cl)[N+]2=C1C(=O)NCc1ccc(Oc2ccc(OC(F)(F)F)cc2)nc1. The zero-order valence-corrected chi connectivity index (χ0v) is 17.9. The third-order valence-corrected chi connectivity index (χ3v) is 4.93. The van der Waals surface area contributed by atoms with Crippen molar-refractivity contribution in [2.24, 2.45) is 4.99 Å². The fourth-order valence-electron chi connectivity index (χ4n) is 3.18. The fraction of sp³-hybridized carbons (Fsp3) is 0.182. The molecule has 4 rings (SSSR count). The van der Waals surface area contributed by atoms with Crippen LogP contribution < -0.4 is 14.8 Å². The van der Waals surface area contributed by atoms with Crippen LogP contribution in [-0.2, 0) is 11.3 Å². The number of aliphatic imine (C=N–C) groups is 1. The van der Waals surface area contributed by atoms with Gasteiger partial charge in [0.2, 0.25) is 22.5 Å². The molecule has 0 aliphatic carbocycles. The smallest absolute Gasteiger partial charge is 0.439 e. The Morgan fingerprint density at radius 3 is 2.48 bits per heavy atom. The van der Waals surface area contributed by atoms with Gasteiger partial charge in [-0.15, -0.1) is 13.2 Å². The van der Waals surface area contributed by atoms with Crippen LogP contribution in [0.3, 0.4) is 0 Å². The molecule has 0 spiro atoms. The number of carbonyl (C=O) groups is 1. The summed E-state index contributed by atoms with van der Waals surface area (Å²) >= 11 is 6.19. The van der Waals surface area contributed by atoms with Gasteiger partial charge in [-0.2, -0.15) is 4.58 Å². The molecule has 3 heterocycles. The van der Waals surface area contributed by atoms with E-state index in [1.807, 2.05) is 6.92 Å². The van der Waals surface area contributed by atoms with Gasteiger partial charge in [0.05, 0.1) is 0 Å². The van der Waals surface area contributed by atoms with Gasteiger partial charge in [-0.25, -0.2) is 4.98 Å². The molecule has 0 fully saturated rings. The summed E-state index contributed by atoms with van der Waals surface area (Å²) in [5.74, 6) is 0.487. The van der Waals surface area contributed by atoms with Crippen LogP contribution >= 0.6 is 11.6 Å². The largest absolute Gasteiger partial charge is 0.573 e. The summed E-state index contributed by atoms with van der Waals surface area (Å²) < 4.78 is 47.6. The number of nitrogens with one attached hydrogen (secondary N) is 1. The molecule has 7 nitrogen and oxygen atoms in total. The van der Waals surface area contributed by atoms with Gasteiger partial charge in [-0.05, 0) is 46.4 Å². The Morgan fingerprint density at radius 1 is 1.12 bits per heavy atom. The first-order valence-electron chi connectivity index (χ1n) is 9.83. The Labute approximate surface area is 191 Å². The van der Waals surface area contributed by atoms with Crippen molar-refractivity contribution >= 4 is 28.9 Å². The zero-order chi connectivity index (χ0) is 23.6. The lowest BCUT2D eigenvalue weighted by Crippen LogP contribution is -2.38. The highest BCUT2D eigenvalue weighted by molar-refractivity contribution is 6.66. The Balaban J connectivity index is 1.36. The van der Waals surface area contributed by atoms with Crippen LogP contribution in [0.25, 0.3) is 0 Å². The van der Waals surface area contributed by atoms with E-state index in [1.54, 1.807) is 28.9 Å². The monoisotopic (exact) mass is 477 g/mol. The minimum Gasteiger partial charge on any atom is -0.439 e. The van der Waals surface area contributed by atoms with E-state index < -0.39 is 6.36 Å². The van der Waals surface area contributed by atoms with Crippen LogP contribution in [0.1, 0.15) is 18.9 Å². The normalized spacial score (nSPS) is 15.0. The maximum atomic E-state index is 12.8. The number of benzene rings is 1. The number of amides is 1. The van der Waals surface area contributed by atoms with Gasteiger partial charge < -0.3 is 14.8 Å². The van der Waals surface area contributed by atoms with Crippen molar-refractivity contribution in [1.82, 2.24) is 10.3 Å². The fourth-order valence-corrected chi connectivity index (χ4v) is 3.42. The summed E-state index contributed by atoms with van der Waals surface area (Å²) in [5.41, 5.74) is 1.77. The number of ether oxygens (including phenoxy) is 2. The molecule has 11 heteroatoms. The molecule has 0 unspecified atom stereocenters. The molecular formula is C22H17ClF3N4O3+. The minimum absolute atomic E-state index is 0.213. The average Bonchev–Trinajstić information content (AvgIpc) is 3.32.